The van der Waals surface area contributed by atoms with Crippen LogP contribution in [0.15, 0.2) is 18.3 Å². The Morgan fingerprint density at radius 2 is 2.20 bits per heavy atom. The number of anilines is 1. The van der Waals surface area contributed by atoms with E-state index in [1.807, 2.05) is 0 Å². The Balaban J connectivity index is 1.72. The molecule has 0 aromatic carbocycles. The Morgan fingerprint density at radius 1 is 1.45 bits per heavy atom. The third-order valence-corrected chi connectivity index (χ3v) is 3.45. The van der Waals surface area contributed by atoms with E-state index >= 15 is 0 Å². The molecular weight excluding hydrogens is 260 g/mol. The van der Waals surface area contributed by atoms with Crippen molar-refractivity contribution in [2.24, 2.45) is 5.73 Å². The minimum absolute atomic E-state index is 0.0175. The molecule has 0 radical (unpaired) electrons. The van der Waals surface area contributed by atoms with Crippen molar-refractivity contribution in [2.75, 3.05) is 18.5 Å². The average molecular weight is 280 g/mol. The van der Waals surface area contributed by atoms with Crippen LogP contribution in [0.4, 0.5) is 11.5 Å². The number of hydrogen-bond acceptors (Lipinski definition) is 6. The van der Waals surface area contributed by atoms with Crippen molar-refractivity contribution in [2.45, 2.75) is 37.8 Å². The second-order valence-corrected chi connectivity index (χ2v) is 4.96. The van der Waals surface area contributed by atoms with E-state index in [0.29, 0.717) is 19.2 Å². The summed E-state index contributed by atoms with van der Waals surface area (Å²) in [6, 6.07) is 3.29. The van der Waals surface area contributed by atoms with Crippen LogP contribution >= 0.6 is 0 Å². The molecule has 7 nitrogen and oxygen atoms in total. The van der Waals surface area contributed by atoms with Gasteiger partial charge in [-0.1, -0.05) is 0 Å². The van der Waals surface area contributed by atoms with Crippen LogP contribution in [0.3, 0.4) is 0 Å². The number of pyridine rings is 1. The minimum Gasteiger partial charge on any atom is -0.376 e. The molecule has 0 atom stereocenters. The molecule has 0 bridgehead atoms. The van der Waals surface area contributed by atoms with E-state index in [9.17, 15) is 10.1 Å². The summed E-state index contributed by atoms with van der Waals surface area (Å²) in [5, 5.41) is 13.8. The fraction of sp³-hybridized carbons (Fsp3) is 0.615. The van der Waals surface area contributed by atoms with Gasteiger partial charge in [-0.25, -0.2) is 4.98 Å². The van der Waals surface area contributed by atoms with Gasteiger partial charge < -0.3 is 15.8 Å². The highest BCUT2D eigenvalue weighted by atomic mass is 16.6. The lowest BCUT2D eigenvalue weighted by Gasteiger charge is -2.26. The van der Waals surface area contributed by atoms with Crippen molar-refractivity contribution < 1.29 is 9.66 Å². The quantitative estimate of drug-likeness (QED) is 0.467. The van der Waals surface area contributed by atoms with Gasteiger partial charge >= 0.3 is 5.69 Å². The van der Waals surface area contributed by atoms with Crippen molar-refractivity contribution in [3.63, 3.8) is 0 Å². The van der Waals surface area contributed by atoms with Crippen LogP contribution in [-0.4, -0.2) is 35.2 Å². The molecule has 0 aliphatic heterocycles. The summed E-state index contributed by atoms with van der Waals surface area (Å²) in [4.78, 5) is 14.3. The number of ether oxygens (including phenoxy) is 1. The fourth-order valence-electron chi connectivity index (χ4n) is 2.33. The molecule has 20 heavy (non-hydrogen) atoms. The first-order valence-corrected chi connectivity index (χ1v) is 6.87. The maximum Gasteiger partial charge on any atom is 0.311 e. The Hall–Kier alpha value is -1.73. The van der Waals surface area contributed by atoms with Crippen LogP contribution in [0, 0.1) is 10.1 Å². The van der Waals surface area contributed by atoms with E-state index in [2.05, 4.69) is 10.3 Å². The number of hydrogen-bond donors (Lipinski definition) is 2. The van der Waals surface area contributed by atoms with Crippen LogP contribution in [0.2, 0.25) is 0 Å². The number of nitrogens with two attached hydrogens (primary N) is 1. The average Bonchev–Trinajstić information content (AvgIpc) is 2.46. The van der Waals surface area contributed by atoms with E-state index in [1.165, 1.54) is 12.3 Å². The maximum atomic E-state index is 10.8. The Morgan fingerprint density at radius 3 is 2.90 bits per heavy atom. The lowest BCUT2D eigenvalue weighted by Crippen LogP contribution is -2.31. The van der Waals surface area contributed by atoms with Gasteiger partial charge in [0.1, 0.15) is 0 Å². The maximum absolute atomic E-state index is 10.8. The van der Waals surface area contributed by atoms with Gasteiger partial charge in [-0.2, -0.15) is 0 Å². The van der Waals surface area contributed by atoms with E-state index < -0.39 is 4.92 Å². The lowest BCUT2D eigenvalue weighted by molar-refractivity contribution is -0.384. The number of nitrogens with one attached hydrogen (secondary N) is 1. The molecule has 2 rings (SSSR count). The summed E-state index contributed by atoms with van der Waals surface area (Å²) in [6.45, 7) is 1.01. The second-order valence-electron chi connectivity index (χ2n) is 4.96. The van der Waals surface area contributed by atoms with Crippen LogP contribution in [-0.2, 0) is 4.74 Å². The summed E-state index contributed by atoms with van der Waals surface area (Å²) < 4.78 is 5.74. The lowest BCUT2D eigenvalue weighted by atomic mass is 9.94. The number of nitro groups is 1. The molecule has 7 heteroatoms. The van der Waals surface area contributed by atoms with Crippen molar-refractivity contribution in [1.29, 1.82) is 0 Å². The molecule has 1 aliphatic rings. The summed E-state index contributed by atoms with van der Waals surface area (Å²) >= 11 is 0. The SMILES string of the molecule is NC1CCC(OCCNc2ncccc2[N+](=O)[O-])CC1. The Bertz CT molecular complexity index is 447. The van der Waals surface area contributed by atoms with Gasteiger partial charge in [0.05, 0.1) is 17.6 Å². The van der Waals surface area contributed by atoms with E-state index in [0.717, 1.165) is 25.7 Å². The predicted molar refractivity (Wildman–Crippen MR) is 75.6 cm³/mol. The van der Waals surface area contributed by atoms with Crippen molar-refractivity contribution in [3.8, 4) is 0 Å². The van der Waals surface area contributed by atoms with Gasteiger partial charge in [0, 0.05) is 24.8 Å². The van der Waals surface area contributed by atoms with Crippen LogP contribution in [0.25, 0.3) is 0 Å². The fourth-order valence-corrected chi connectivity index (χ4v) is 2.33. The molecule has 0 spiro atoms. The molecule has 1 aromatic heterocycles. The largest absolute Gasteiger partial charge is 0.376 e. The van der Waals surface area contributed by atoms with Crippen LogP contribution in [0.5, 0.6) is 0 Å². The Labute approximate surface area is 117 Å². The first-order valence-electron chi connectivity index (χ1n) is 6.87. The highest BCUT2D eigenvalue weighted by Gasteiger charge is 2.19. The number of nitrogens with zero attached hydrogens (tertiary/aromatic N) is 2. The topological polar surface area (TPSA) is 103 Å². The number of aromatic nitrogens is 1. The van der Waals surface area contributed by atoms with Gasteiger partial charge in [0.25, 0.3) is 0 Å². The molecule has 1 heterocycles. The van der Waals surface area contributed by atoms with Gasteiger partial charge in [0.15, 0.2) is 0 Å². The third kappa shape index (κ3) is 4.14. The molecule has 0 saturated heterocycles. The third-order valence-electron chi connectivity index (χ3n) is 3.45. The zero-order valence-electron chi connectivity index (χ0n) is 11.3. The highest BCUT2D eigenvalue weighted by molar-refractivity contribution is 5.54. The zero-order valence-corrected chi connectivity index (χ0v) is 11.3. The molecule has 1 fully saturated rings. The summed E-state index contributed by atoms with van der Waals surface area (Å²) in [7, 11) is 0. The van der Waals surface area contributed by atoms with Crippen molar-refractivity contribution >= 4 is 11.5 Å². The molecule has 3 N–H and O–H groups in total. The smallest absolute Gasteiger partial charge is 0.311 e. The normalized spacial score (nSPS) is 22.4. The van der Waals surface area contributed by atoms with E-state index in [4.69, 9.17) is 10.5 Å². The van der Waals surface area contributed by atoms with Gasteiger partial charge in [0.2, 0.25) is 5.82 Å². The second kappa shape index (κ2) is 7.16. The monoisotopic (exact) mass is 280 g/mol. The van der Waals surface area contributed by atoms with Crippen molar-refractivity contribution in [1.82, 2.24) is 4.98 Å². The van der Waals surface area contributed by atoms with Gasteiger partial charge in [-0.15, -0.1) is 0 Å². The highest BCUT2D eigenvalue weighted by Crippen LogP contribution is 2.21. The molecule has 110 valence electrons. The molecule has 1 saturated carbocycles. The molecule has 1 aliphatic carbocycles. The first-order chi connectivity index (χ1) is 9.66. The standard InChI is InChI=1S/C13H20N4O3/c14-10-3-5-11(6-4-10)20-9-8-16-13-12(17(18)19)2-1-7-15-13/h1-2,7,10-11H,3-6,8-9,14H2,(H,15,16). The van der Waals surface area contributed by atoms with Crippen molar-refractivity contribution in [3.05, 3.63) is 28.4 Å². The van der Waals surface area contributed by atoms with Gasteiger partial charge in [-0.05, 0) is 31.7 Å². The first kappa shape index (κ1) is 14.7. The molecular formula is C13H20N4O3. The minimum atomic E-state index is -0.446. The zero-order chi connectivity index (χ0) is 14.4. The Kier molecular flexibility index (Phi) is 5.25. The number of rotatable bonds is 6. The molecule has 0 amide bonds. The summed E-state index contributed by atoms with van der Waals surface area (Å²) in [5.41, 5.74) is 5.82. The van der Waals surface area contributed by atoms with E-state index in [1.54, 1.807) is 6.07 Å². The molecule has 0 unspecified atom stereocenters. The predicted octanol–water partition coefficient (Wildman–Crippen LogP) is 1.69. The van der Waals surface area contributed by atoms with Crippen LogP contribution in [0.1, 0.15) is 25.7 Å². The summed E-state index contributed by atoms with van der Waals surface area (Å²) in [5.74, 6) is 0.284. The molecule has 1 aromatic rings. The van der Waals surface area contributed by atoms with E-state index in [-0.39, 0.29) is 17.6 Å². The summed E-state index contributed by atoms with van der Waals surface area (Å²) in [6.07, 6.45) is 5.78. The van der Waals surface area contributed by atoms with Gasteiger partial charge in [-0.3, -0.25) is 10.1 Å². The van der Waals surface area contributed by atoms with Crippen LogP contribution < -0.4 is 11.1 Å².